The average molecular weight is 529 g/mol. The number of thioether (sulfide) groups is 1. The van der Waals surface area contributed by atoms with E-state index in [1.54, 1.807) is 23.9 Å². The minimum atomic E-state index is -4.06. The van der Waals surface area contributed by atoms with Gasteiger partial charge >= 0.3 is 0 Å². The second-order valence-corrected chi connectivity index (χ2v) is 11.1. The fourth-order valence-electron chi connectivity index (χ4n) is 3.48. The zero-order valence-corrected chi connectivity index (χ0v) is 22.4. The molecule has 9 heteroatoms. The molecule has 0 aliphatic rings. The molecule has 0 aliphatic carbocycles. The largest absolute Gasteiger partial charge is 0.493 e. The quantitative estimate of drug-likeness (QED) is 0.325. The van der Waals surface area contributed by atoms with Crippen LogP contribution in [-0.2, 0) is 20.6 Å². The third-order valence-electron chi connectivity index (χ3n) is 5.45. The molecule has 3 aromatic carbocycles. The van der Waals surface area contributed by atoms with Crippen LogP contribution in [0.4, 0.5) is 5.69 Å². The van der Waals surface area contributed by atoms with Gasteiger partial charge in [-0.1, -0.05) is 48.0 Å². The molecular weight excluding hydrogens is 496 g/mol. The first-order valence-corrected chi connectivity index (χ1v) is 14.1. The molecule has 3 rings (SSSR count). The molecule has 3 aromatic rings. The van der Waals surface area contributed by atoms with Crippen LogP contribution in [0, 0.1) is 6.92 Å². The van der Waals surface area contributed by atoms with Crippen LogP contribution in [0.15, 0.2) is 77.7 Å². The van der Waals surface area contributed by atoms with Gasteiger partial charge in [-0.05, 0) is 48.9 Å². The van der Waals surface area contributed by atoms with Crippen molar-refractivity contribution >= 4 is 33.4 Å². The van der Waals surface area contributed by atoms with Gasteiger partial charge in [-0.15, -0.1) is 0 Å². The standard InChI is InChI=1S/C27H32N2O5S2/c1-21-10-12-23(13-11-21)29(36(31,32)24-14-15-25(33-2)26(18-24)34-3)19-27(30)28-16-7-17-35-20-22-8-5-4-6-9-22/h4-6,8-15,18H,7,16-17,19-20H2,1-3H3,(H,28,30). The van der Waals surface area contributed by atoms with Gasteiger partial charge in [0, 0.05) is 18.4 Å². The van der Waals surface area contributed by atoms with Gasteiger partial charge in [0.15, 0.2) is 11.5 Å². The molecule has 0 fully saturated rings. The van der Waals surface area contributed by atoms with Gasteiger partial charge in [-0.2, -0.15) is 11.8 Å². The van der Waals surface area contributed by atoms with Crippen LogP contribution in [0.25, 0.3) is 0 Å². The highest BCUT2D eigenvalue weighted by molar-refractivity contribution is 7.98. The molecule has 0 heterocycles. The van der Waals surface area contributed by atoms with Crippen molar-refractivity contribution in [1.29, 1.82) is 0 Å². The normalized spacial score (nSPS) is 11.1. The number of nitrogens with zero attached hydrogens (tertiary/aromatic N) is 1. The molecule has 0 atom stereocenters. The van der Waals surface area contributed by atoms with Crippen LogP contribution in [0.2, 0.25) is 0 Å². The number of carbonyl (C=O) groups excluding carboxylic acids is 1. The Labute approximate surface area is 217 Å². The highest BCUT2D eigenvalue weighted by atomic mass is 32.2. The number of hydrogen-bond donors (Lipinski definition) is 1. The van der Waals surface area contributed by atoms with E-state index in [1.807, 2.05) is 37.3 Å². The van der Waals surface area contributed by atoms with Crippen molar-refractivity contribution < 1.29 is 22.7 Å². The molecule has 7 nitrogen and oxygen atoms in total. The lowest BCUT2D eigenvalue weighted by atomic mass is 10.2. The fourth-order valence-corrected chi connectivity index (χ4v) is 5.84. The molecule has 0 spiro atoms. The number of rotatable bonds is 13. The zero-order valence-electron chi connectivity index (χ0n) is 20.8. The van der Waals surface area contributed by atoms with Gasteiger partial charge in [0.05, 0.1) is 24.8 Å². The van der Waals surface area contributed by atoms with Crippen LogP contribution >= 0.6 is 11.8 Å². The lowest BCUT2D eigenvalue weighted by Crippen LogP contribution is -2.41. The minimum Gasteiger partial charge on any atom is -0.493 e. The van der Waals surface area contributed by atoms with Crippen molar-refractivity contribution in [3.8, 4) is 11.5 Å². The molecule has 0 aliphatic heterocycles. The number of aryl methyl sites for hydroxylation is 1. The van der Waals surface area contributed by atoms with Crippen LogP contribution in [0.5, 0.6) is 11.5 Å². The number of nitrogens with one attached hydrogen (secondary N) is 1. The maximum absolute atomic E-state index is 13.6. The second kappa shape index (κ2) is 13.2. The summed E-state index contributed by atoms with van der Waals surface area (Å²) >= 11 is 1.80. The van der Waals surface area contributed by atoms with Gasteiger partial charge in [0.1, 0.15) is 6.54 Å². The van der Waals surface area contributed by atoms with E-state index in [4.69, 9.17) is 9.47 Å². The highest BCUT2D eigenvalue weighted by Crippen LogP contribution is 2.32. The molecule has 0 bridgehead atoms. The Hall–Kier alpha value is -3.17. The van der Waals surface area contributed by atoms with Crippen molar-refractivity contribution in [3.05, 3.63) is 83.9 Å². The molecule has 1 N–H and O–H groups in total. The van der Waals surface area contributed by atoms with Crippen LogP contribution in [0.3, 0.4) is 0 Å². The first-order valence-electron chi connectivity index (χ1n) is 11.5. The molecule has 0 radical (unpaired) electrons. The first kappa shape index (κ1) is 27.4. The van der Waals surface area contributed by atoms with E-state index < -0.39 is 10.0 Å². The molecule has 192 valence electrons. The Kier molecular flexibility index (Phi) is 10.1. The number of carbonyl (C=O) groups is 1. The molecule has 0 unspecified atom stereocenters. The minimum absolute atomic E-state index is 0.00540. The number of benzene rings is 3. The zero-order chi connectivity index (χ0) is 26.0. The highest BCUT2D eigenvalue weighted by Gasteiger charge is 2.28. The number of hydrogen-bond acceptors (Lipinski definition) is 6. The van der Waals surface area contributed by atoms with Gasteiger partial charge in [0.25, 0.3) is 10.0 Å². The van der Waals surface area contributed by atoms with Crippen molar-refractivity contribution in [2.75, 3.05) is 37.4 Å². The van der Waals surface area contributed by atoms with E-state index in [0.29, 0.717) is 23.7 Å². The molecule has 0 saturated heterocycles. The molecule has 0 saturated carbocycles. The maximum atomic E-state index is 13.6. The average Bonchev–Trinajstić information content (AvgIpc) is 2.90. The second-order valence-electron chi connectivity index (χ2n) is 8.11. The molecular formula is C27H32N2O5S2. The predicted molar refractivity (Wildman–Crippen MR) is 145 cm³/mol. The van der Waals surface area contributed by atoms with Crippen LogP contribution < -0.4 is 19.1 Å². The van der Waals surface area contributed by atoms with Gasteiger partial charge in [0.2, 0.25) is 5.91 Å². The summed E-state index contributed by atoms with van der Waals surface area (Å²) in [5.41, 5.74) is 2.66. The van der Waals surface area contributed by atoms with E-state index in [1.165, 1.54) is 38.0 Å². The lowest BCUT2D eigenvalue weighted by molar-refractivity contribution is -0.119. The molecule has 36 heavy (non-hydrogen) atoms. The summed E-state index contributed by atoms with van der Waals surface area (Å²) in [7, 11) is -1.13. The van der Waals surface area contributed by atoms with Crippen molar-refractivity contribution in [1.82, 2.24) is 5.32 Å². The number of sulfonamides is 1. The number of amides is 1. The molecule has 1 amide bonds. The van der Waals surface area contributed by atoms with E-state index in [-0.39, 0.29) is 17.3 Å². The van der Waals surface area contributed by atoms with Crippen molar-refractivity contribution in [2.45, 2.75) is 24.0 Å². The Morgan fingerprint density at radius 3 is 2.31 bits per heavy atom. The third-order valence-corrected chi connectivity index (χ3v) is 8.34. The summed E-state index contributed by atoms with van der Waals surface area (Å²) in [6, 6.07) is 21.6. The number of anilines is 1. The number of methoxy groups -OCH3 is 2. The summed E-state index contributed by atoms with van der Waals surface area (Å²) in [5.74, 6) is 2.15. The van der Waals surface area contributed by atoms with Gasteiger partial charge in [-0.3, -0.25) is 9.10 Å². The van der Waals surface area contributed by atoms with E-state index in [0.717, 1.165) is 27.8 Å². The third kappa shape index (κ3) is 7.41. The SMILES string of the molecule is COc1ccc(S(=O)(=O)N(CC(=O)NCCCSCc2ccccc2)c2ccc(C)cc2)cc1OC. The Morgan fingerprint density at radius 2 is 1.64 bits per heavy atom. The lowest BCUT2D eigenvalue weighted by Gasteiger charge is -2.24. The van der Waals surface area contributed by atoms with Crippen LogP contribution in [-0.4, -0.2) is 47.4 Å². The van der Waals surface area contributed by atoms with Gasteiger partial charge in [-0.25, -0.2) is 8.42 Å². The summed E-state index contributed by atoms with van der Waals surface area (Å²) in [5, 5.41) is 2.85. The smallest absolute Gasteiger partial charge is 0.264 e. The van der Waals surface area contributed by atoms with E-state index in [9.17, 15) is 13.2 Å². The monoisotopic (exact) mass is 528 g/mol. The number of ether oxygens (including phenoxy) is 2. The summed E-state index contributed by atoms with van der Waals surface area (Å²) in [6.45, 7) is 2.05. The predicted octanol–water partition coefficient (Wildman–Crippen LogP) is 4.65. The topological polar surface area (TPSA) is 84.9 Å². The summed E-state index contributed by atoms with van der Waals surface area (Å²) in [4.78, 5) is 12.8. The Morgan fingerprint density at radius 1 is 0.944 bits per heavy atom. The van der Waals surface area contributed by atoms with E-state index in [2.05, 4.69) is 17.4 Å². The van der Waals surface area contributed by atoms with Crippen LogP contribution in [0.1, 0.15) is 17.5 Å². The fraction of sp³-hybridized carbons (Fsp3) is 0.296. The first-order chi connectivity index (χ1) is 17.3. The van der Waals surface area contributed by atoms with Gasteiger partial charge < -0.3 is 14.8 Å². The van der Waals surface area contributed by atoms with Crippen molar-refractivity contribution in [3.63, 3.8) is 0 Å². The Balaban J connectivity index is 1.67. The molecule has 0 aromatic heterocycles. The Bertz CT molecular complexity index is 1230. The van der Waals surface area contributed by atoms with Crippen molar-refractivity contribution in [2.24, 2.45) is 0 Å². The summed E-state index contributed by atoms with van der Waals surface area (Å²) in [6.07, 6.45) is 0.788. The maximum Gasteiger partial charge on any atom is 0.264 e. The van der Waals surface area contributed by atoms with E-state index >= 15 is 0 Å². The summed E-state index contributed by atoms with van der Waals surface area (Å²) < 4.78 is 38.9.